The van der Waals surface area contributed by atoms with Crippen LogP contribution in [0.25, 0.3) is 106 Å². The summed E-state index contributed by atoms with van der Waals surface area (Å²) < 4.78 is 4.78. The van der Waals surface area contributed by atoms with Crippen LogP contribution < -0.4 is 0 Å². The standard InChI is InChI=1S/C57H39N5/c1-3-16-38(17-4-1)55-58-56(39-18-5-2-6-19-39)60-57(59-55)44-23-13-20-40(34-44)41-21-14-25-46(35-41)62-53-31-12-9-28-49(53)50-37-43(32-33-54(50)62)42-22-15-24-45(36-42)61-51-29-10-7-26-47(51)48-27-8-11-30-52(48)61/h1,3-5,7-37H,2,6H2. The topological polar surface area (TPSA) is 48.5 Å². The zero-order valence-corrected chi connectivity index (χ0v) is 33.9. The van der Waals surface area contributed by atoms with Gasteiger partial charge in [0.1, 0.15) is 0 Å². The molecule has 11 aromatic rings. The van der Waals surface area contributed by atoms with Crippen LogP contribution in [0.5, 0.6) is 0 Å². The molecular formula is C57H39N5. The van der Waals surface area contributed by atoms with Gasteiger partial charge in [-0.25, -0.2) is 15.0 Å². The Morgan fingerprint density at radius 3 is 1.40 bits per heavy atom. The van der Waals surface area contributed by atoms with Gasteiger partial charge in [0.2, 0.25) is 0 Å². The minimum atomic E-state index is 0.658. The van der Waals surface area contributed by atoms with E-state index >= 15 is 0 Å². The summed E-state index contributed by atoms with van der Waals surface area (Å²) in [5.74, 6) is 2.02. The molecule has 0 radical (unpaired) electrons. The minimum Gasteiger partial charge on any atom is -0.309 e. The predicted molar refractivity (Wildman–Crippen MR) is 257 cm³/mol. The number of para-hydroxylation sites is 3. The van der Waals surface area contributed by atoms with Crippen LogP contribution in [0.2, 0.25) is 0 Å². The Morgan fingerprint density at radius 1 is 0.323 bits per heavy atom. The third kappa shape index (κ3) is 6.13. The van der Waals surface area contributed by atoms with Gasteiger partial charge in [0.05, 0.1) is 22.1 Å². The molecule has 0 unspecified atom stereocenters. The van der Waals surface area contributed by atoms with Crippen molar-refractivity contribution in [2.45, 2.75) is 12.8 Å². The molecule has 0 saturated heterocycles. The molecule has 0 saturated carbocycles. The smallest absolute Gasteiger partial charge is 0.164 e. The van der Waals surface area contributed by atoms with Crippen LogP contribution in [0, 0.1) is 0 Å². The number of nitrogens with zero attached hydrogens (tertiary/aromatic N) is 5. The lowest BCUT2D eigenvalue weighted by molar-refractivity contribution is 1.01. The van der Waals surface area contributed by atoms with E-state index in [0.717, 1.165) is 57.6 Å². The fourth-order valence-electron chi connectivity index (χ4n) is 9.25. The van der Waals surface area contributed by atoms with E-state index in [1.807, 2.05) is 18.2 Å². The van der Waals surface area contributed by atoms with E-state index < -0.39 is 0 Å². The van der Waals surface area contributed by atoms with Gasteiger partial charge in [-0.3, -0.25) is 0 Å². The fourth-order valence-corrected chi connectivity index (χ4v) is 9.25. The van der Waals surface area contributed by atoms with Crippen molar-refractivity contribution in [1.82, 2.24) is 24.1 Å². The highest BCUT2D eigenvalue weighted by atomic mass is 15.0. The highest BCUT2D eigenvalue weighted by Crippen LogP contribution is 2.38. The first-order valence-electron chi connectivity index (χ1n) is 21.3. The van der Waals surface area contributed by atoms with Crippen LogP contribution in [-0.2, 0) is 0 Å². The molecule has 0 aliphatic heterocycles. The molecule has 5 nitrogen and oxygen atoms in total. The van der Waals surface area contributed by atoms with Crippen LogP contribution >= 0.6 is 0 Å². The van der Waals surface area contributed by atoms with E-state index in [4.69, 9.17) is 15.0 Å². The van der Waals surface area contributed by atoms with Gasteiger partial charge in [-0.15, -0.1) is 0 Å². The van der Waals surface area contributed by atoms with Gasteiger partial charge in [-0.2, -0.15) is 0 Å². The molecule has 0 atom stereocenters. The third-order valence-corrected chi connectivity index (χ3v) is 12.2. The molecule has 0 bridgehead atoms. The molecular weight excluding hydrogens is 755 g/mol. The molecule has 8 aromatic carbocycles. The second-order valence-corrected chi connectivity index (χ2v) is 15.9. The summed E-state index contributed by atoms with van der Waals surface area (Å²) in [4.78, 5) is 15.0. The van der Waals surface area contributed by atoms with E-state index in [2.05, 4.69) is 203 Å². The number of aromatic nitrogens is 5. The average molecular weight is 794 g/mol. The van der Waals surface area contributed by atoms with Crippen molar-refractivity contribution >= 4 is 49.2 Å². The third-order valence-electron chi connectivity index (χ3n) is 12.2. The summed E-state index contributed by atoms with van der Waals surface area (Å²) in [6.07, 6.45) is 8.54. The lowest BCUT2D eigenvalue weighted by Crippen LogP contribution is -2.03. The van der Waals surface area contributed by atoms with Gasteiger partial charge in [0, 0.05) is 49.6 Å². The highest BCUT2D eigenvalue weighted by molar-refractivity contribution is 6.11. The quantitative estimate of drug-likeness (QED) is 0.161. The van der Waals surface area contributed by atoms with Crippen molar-refractivity contribution in [3.8, 4) is 56.4 Å². The van der Waals surface area contributed by atoms with E-state index in [1.54, 1.807) is 0 Å². The second-order valence-electron chi connectivity index (χ2n) is 15.9. The molecule has 0 fully saturated rings. The van der Waals surface area contributed by atoms with E-state index in [1.165, 1.54) is 49.2 Å². The predicted octanol–water partition coefficient (Wildman–Crippen LogP) is 14.5. The highest BCUT2D eigenvalue weighted by Gasteiger charge is 2.17. The first kappa shape index (κ1) is 35.8. The monoisotopic (exact) mass is 793 g/mol. The van der Waals surface area contributed by atoms with Crippen molar-refractivity contribution < 1.29 is 0 Å². The van der Waals surface area contributed by atoms with Crippen molar-refractivity contribution in [3.05, 3.63) is 218 Å². The number of hydrogen-bond donors (Lipinski definition) is 0. The molecule has 12 rings (SSSR count). The Bertz CT molecular complexity index is 3530. The maximum Gasteiger partial charge on any atom is 0.164 e. The number of hydrogen-bond acceptors (Lipinski definition) is 3. The number of benzene rings is 8. The van der Waals surface area contributed by atoms with Crippen LogP contribution in [0.15, 0.2) is 212 Å². The lowest BCUT2D eigenvalue weighted by Gasteiger charge is -2.13. The molecule has 0 amide bonds. The Morgan fingerprint density at radius 2 is 0.790 bits per heavy atom. The van der Waals surface area contributed by atoms with E-state index in [-0.39, 0.29) is 0 Å². The molecule has 5 heteroatoms. The van der Waals surface area contributed by atoms with Crippen molar-refractivity contribution in [1.29, 1.82) is 0 Å². The first-order valence-corrected chi connectivity index (χ1v) is 21.3. The molecule has 3 heterocycles. The number of rotatable bonds is 7. The zero-order valence-electron chi connectivity index (χ0n) is 33.9. The molecule has 292 valence electrons. The normalized spacial score (nSPS) is 12.7. The van der Waals surface area contributed by atoms with Crippen molar-refractivity contribution in [3.63, 3.8) is 0 Å². The zero-order chi connectivity index (χ0) is 41.0. The summed E-state index contributed by atoms with van der Waals surface area (Å²) in [6.45, 7) is 0. The summed E-state index contributed by atoms with van der Waals surface area (Å²) in [5.41, 5.74) is 14.5. The van der Waals surface area contributed by atoms with Gasteiger partial charge >= 0.3 is 0 Å². The van der Waals surface area contributed by atoms with Crippen LogP contribution in [0.1, 0.15) is 18.7 Å². The van der Waals surface area contributed by atoms with Gasteiger partial charge in [-0.05, 0) is 95.8 Å². The molecule has 1 aliphatic rings. The fraction of sp³-hybridized carbons (Fsp3) is 0.0351. The number of fused-ring (bicyclic) bond motifs is 6. The van der Waals surface area contributed by atoms with Gasteiger partial charge in [0.25, 0.3) is 0 Å². The Labute approximate surface area is 359 Å². The minimum absolute atomic E-state index is 0.658. The SMILES string of the molecule is C1=CC(c2nc(-c3ccccc3)nc(-c3cccc(-c4cccc(-n5c6ccccc6c6cc(-c7cccc(-n8c9ccccc9c9ccccc98)c7)ccc65)c4)c3)n2)=CCC1. The van der Waals surface area contributed by atoms with E-state index in [0.29, 0.717) is 17.5 Å². The first-order chi connectivity index (χ1) is 30.7. The maximum atomic E-state index is 5.04. The molecule has 3 aromatic heterocycles. The lowest BCUT2D eigenvalue weighted by atomic mass is 10.0. The summed E-state index contributed by atoms with van der Waals surface area (Å²) >= 11 is 0. The second kappa shape index (κ2) is 14.8. The van der Waals surface area contributed by atoms with Crippen LogP contribution in [0.4, 0.5) is 0 Å². The van der Waals surface area contributed by atoms with Crippen LogP contribution in [-0.4, -0.2) is 24.1 Å². The maximum absolute atomic E-state index is 5.04. The van der Waals surface area contributed by atoms with Gasteiger partial charge < -0.3 is 9.13 Å². The summed E-state index contributed by atoms with van der Waals surface area (Å²) in [5, 5.41) is 4.96. The van der Waals surface area contributed by atoms with Crippen molar-refractivity contribution in [2.24, 2.45) is 0 Å². The number of allylic oxidation sites excluding steroid dienone is 4. The summed E-state index contributed by atoms with van der Waals surface area (Å²) in [7, 11) is 0. The Kier molecular flexibility index (Phi) is 8.56. The largest absolute Gasteiger partial charge is 0.309 e. The summed E-state index contributed by atoms with van der Waals surface area (Å²) in [6, 6.07) is 69.5. The molecule has 0 spiro atoms. The Hall–Kier alpha value is -8.15. The van der Waals surface area contributed by atoms with Gasteiger partial charge in [-0.1, -0.05) is 152 Å². The molecule has 1 aliphatic carbocycles. The van der Waals surface area contributed by atoms with Crippen molar-refractivity contribution in [2.75, 3.05) is 0 Å². The molecule has 62 heavy (non-hydrogen) atoms. The van der Waals surface area contributed by atoms with Gasteiger partial charge in [0.15, 0.2) is 17.5 Å². The average Bonchev–Trinajstić information content (AvgIpc) is 3.87. The Balaban J connectivity index is 0.935. The molecule has 0 N–H and O–H groups in total. The van der Waals surface area contributed by atoms with E-state index in [9.17, 15) is 0 Å². The van der Waals surface area contributed by atoms with Crippen LogP contribution in [0.3, 0.4) is 0 Å².